The molecule has 1 fully saturated rings. The van der Waals surface area contributed by atoms with Gasteiger partial charge in [-0.15, -0.1) is 0 Å². The van der Waals surface area contributed by atoms with E-state index in [0.717, 1.165) is 18.6 Å². The number of ether oxygens (including phenoxy) is 1. The van der Waals surface area contributed by atoms with Crippen LogP contribution >= 0.6 is 0 Å². The van der Waals surface area contributed by atoms with Crippen LogP contribution < -0.4 is 0 Å². The second-order valence-corrected chi connectivity index (χ2v) is 3.40. The number of hydrogen-bond acceptors (Lipinski definition) is 2. The maximum atomic E-state index is 8.92. The minimum atomic E-state index is 0.152. The lowest BCUT2D eigenvalue weighted by molar-refractivity contribution is 0.0181. The predicted molar refractivity (Wildman–Crippen MR) is 46.8 cm³/mol. The Morgan fingerprint density at radius 3 is 3.33 bits per heavy atom. The van der Waals surface area contributed by atoms with E-state index < -0.39 is 0 Å². The van der Waals surface area contributed by atoms with E-state index in [1.54, 1.807) is 0 Å². The van der Waals surface area contributed by atoms with Crippen LogP contribution in [0.4, 0.5) is 0 Å². The molecule has 0 aromatic carbocycles. The molecule has 0 saturated carbocycles. The molecule has 2 rings (SSSR count). The summed E-state index contributed by atoms with van der Waals surface area (Å²) in [5.74, 6) is 0.505. The molecule has 2 nitrogen and oxygen atoms in total. The molecular formula is C10H14O2. The van der Waals surface area contributed by atoms with Gasteiger partial charge < -0.3 is 9.84 Å². The molecule has 1 heterocycles. The van der Waals surface area contributed by atoms with Crippen molar-refractivity contribution in [3.8, 4) is 0 Å². The van der Waals surface area contributed by atoms with Crippen molar-refractivity contribution in [2.75, 3.05) is 13.2 Å². The number of hydrogen-bond donors (Lipinski definition) is 1. The van der Waals surface area contributed by atoms with Crippen LogP contribution in [0.25, 0.3) is 0 Å². The zero-order chi connectivity index (χ0) is 8.39. The Morgan fingerprint density at radius 1 is 1.58 bits per heavy atom. The third-order valence-electron chi connectivity index (χ3n) is 2.52. The minimum Gasteiger partial charge on any atom is -0.392 e. The van der Waals surface area contributed by atoms with Crippen LogP contribution in [0.2, 0.25) is 0 Å². The average molecular weight is 166 g/mol. The van der Waals surface area contributed by atoms with E-state index >= 15 is 0 Å². The Kier molecular flexibility index (Phi) is 2.28. The summed E-state index contributed by atoms with van der Waals surface area (Å²) in [4.78, 5) is 0. The average Bonchev–Trinajstić information content (AvgIpc) is 2.17. The zero-order valence-corrected chi connectivity index (χ0v) is 7.07. The molecule has 12 heavy (non-hydrogen) atoms. The third kappa shape index (κ3) is 1.45. The van der Waals surface area contributed by atoms with Gasteiger partial charge in [0.05, 0.1) is 12.7 Å². The van der Waals surface area contributed by atoms with Crippen molar-refractivity contribution in [2.45, 2.75) is 18.9 Å². The van der Waals surface area contributed by atoms with E-state index in [1.165, 1.54) is 6.42 Å². The molecule has 0 aromatic rings. The molecule has 1 saturated heterocycles. The van der Waals surface area contributed by atoms with Gasteiger partial charge >= 0.3 is 0 Å². The second-order valence-electron chi connectivity index (χ2n) is 3.40. The van der Waals surface area contributed by atoms with Gasteiger partial charge in [-0.1, -0.05) is 18.2 Å². The van der Waals surface area contributed by atoms with Crippen LogP contribution in [0.1, 0.15) is 12.8 Å². The lowest BCUT2D eigenvalue weighted by Gasteiger charge is -2.30. The van der Waals surface area contributed by atoms with Gasteiger partial charge in [-0.05, 0) is 18.4 Å². The lowest BCUT2D eigenvalue weighted by atomic mass is 9.88. The monoisotopic (exact) mass is 166 g/mol. The number of aliphatic hydroxyl groups excluding tert-OH is 1. The molecular weight excluding hydrogens is 152 g/mol. The first kappa shape index (κ1) is 8.02. The predicted octanol–water partition coefficient (Wildman–Crippen LogP) is 1.27. The van der Waals surface area contributed by atoms with Crippen LogP contribution in [-0.2, 0) is 4.74 Å². The molecule has 0 aromatic heterocycles. The Labute approximate surface area is 72.5 Å². The Bertz CT molecular complexity index is 218. The number of fused-ring (bicyclic) bond motifs is 1. The van der Waals surface area contributed by atoms with Gasteiger partial charge in [0.1, 0.15) is 0 Å². The molecule has 1 aliphatic carbocycles. The molecule has 0 spiro atoms. The largest absolute Gasteiger partial charge is 0.392 e. The first-order valence-corrected chi connectivity index (χ1v) is 4.51. The SMILES string of the molecule is OCC1=CC2CCCOC2C=C1. The maximum Gasteiger partial charge on any atom is 0.0821 e. The van der Waals surface area contributed by atoms with E-state index in [2.05, 4.69) is 12.2 Å². The van der Waals surface area contributed by atoms with E-state index in [4.69, 9.17) is 9.84 Å². The first-order valence-electron chi connectivity index (χ1n) is 4.51. The van der Waals surface area contributed by atoms with E-state index in [9.17, 15) is 0 Å². The fourth-order valence-corrected chi connectivity index (χ4v) is 1.86. The molecule has 2 aliphatic rings. The second kappa shape index (κ2) is 3.42. The molecule has 0 amide bonds. The molecule has 1 aliphatic heterocycles. The van der Waals surface area contributed by atoms with Crippen molar-refractivity contribution in [3.63, 3.8) is 0 Å². The van der Waals surface area contributed by atoms with Crippen molar-refractivity contribution < 1.29 is 9.84 Å². The molecule has 0 radical (unpaired) electrons. The number of rotatable bonds is 1. The third-order valence-corrected chi connectivity index (χ3v) is 2.52. The highest BCUT2D eigenvalue weighted by Gasteiger charge is 2.24. The molecule has 2 unspecified atom stereocenters. The van der Waals surface area contributed by atoms with Gasteiger partial charge in [-0.3, -0.25) is 0 Å². The summed E-state index contributed by atoms with van der Waals surface area (Å²) in [6.07, 6.45) is 8.78. The summed E-state index contributed by atoms with van der Waals surface area (Å²) in [5, 5.41) is 8.92. The highest BCUT2D eigenvalue weighted by molar-refractivity contribution is 5.27. The first-order chi connectivity index (χ1) is 5.90. The molecule has 2 atom stereocenters. The van der Waals surface area contributed by atoms with Crippen molar-refractivity contribution >= 4 is 0 Å². The number of aliphatic hydroxyl groups is 1. The van der Waals surface area contributed by atoms with Crippen molar-refractivity contribution in [2.24, 2.45) is 5.92 Å². The smallest absolute Gasteiger partial charge is 0.0821 e. The quantitative estimate of drug-likeness (QED) is 0.635. The summed E-state index contributed by atoms with van der Waals surface area (Å²) < 4.78 is 5.56. The highest BCUT2D eigenvalue weighted by atomic mass is 16.5. The van der Waals surface area contributed by atoms with Gasteiger partial charge in [0.15, 0.2) is 0 Å². The maximum absolute atomic E-state index is 8.92. The lowest BCUT2D eigenvalue weighted by Crippen LogP contribution is -2.28. The van der Waals surface area contributed by atoms with Gasteiger partial charge in [-0.25, -0.2) is 0 Å². The van der Waals surface area contributed by atoms with Crippen molar-refractivity contribution in [3.05, 3.63) is 23.8 Å². The van der Waals surface area contributed by atoms with E-state index in [0.29, 0.717) is 5.92 Å². The van der Waals surface area contributed by atoms with E-state index in [1.807, 2.05) is 6.08 Å². The fourth-order valence-electron chi connectivity index (χ4n) is 1.86. The van der Waals surface area contributed by atoms with Crippen LogP contribution in [0.3, 0.4) is 0 Å². The summed E-state index contributed by atoms with van der Waals surface area (Å²) in [6, 6.07) is 0. The van der Waals surface area contributed by atoms with Crippen LogP contribution in [0.15, 0.2) is 23.8 Å². The Morgan fingerprint density at radius 2 is 2.50 bits per heavy atom. The molecule has 0 bridgehead atoms. The van der Waals surface area contributed by atoms with Gasteiger partial charge in [0, 0.05) is 12.5 Å². The van der Waals surface area contributed by atoms with Crippen LogP contribution in [0.5, 0.6) is 0 Å². The standard InChI is InChI=1S/C10H14O2/c11-7-8-3-4-10-9(6-8)2-1-5-12-10/h3-4,6,9-11H,1-2,5,7H2. The zero-order valence-electron chi connectivity index (χ0n) is 7.07. The van der Waals surface area contributed by atoms with Gasteiger partial charge in [-0.2, -0.15) is 0 Å². The summed E-state index contributed by atoms with van der Waals surface area (Å²) >= 11 is 0. The normalized spacial score (nSPS) is 34.2. The van der Waals surface area contributed by atoms with Crippen LogP contribution in [0, 0.1) is 5.92 Å². The molecule has 2 heteroatoms. The summed E-state index contributed by atoms with van der Waals surface area (Å²) in [5.41, 5.74) is 1.03. The fraction of sp³-hybridized carbons (Fsp3) is 0.600. The molecule has 1 N–H and O–H groups in total. The highest BCUT2D eigenvalue weighted by Crippen LogP contribution is 2.27. The van der Waals surface area contributed by atoms with Crippen molar-refractivity contribution in [1.29, 1.82) is 0 Å². The topological polar surface area (TPSA) is 29.5 Å². The Balaban J connectivity index is 2.09. The summed E-state index contributed by atoms with van der Waals surface area (Å²) in [7, 11) is 0. The minimum absolute atomic E-state index is 0.152. The molecule has 66 valence electrons. The van der Waals surface area contributed by atoms with Gasteiger partial charge in [0.25, 0.3) is 0 Å². The van der Waals surface area contributed by atoms with Crippen molar-refractivity contribution in [1.82, 2.24) is 0 Å². The van der Waals surface area contributed by atoms with E-state index in [-0.39, 0.29) is 12.7 Å². The summed E-state index contributed by atoms with van der Waals surface area (Å²) in [6.45, 7) is 1.04. The Hall–Kier alpha value is -0.600. The van der Waals surface area contributed by atoms with Gasteiger partial charge in [0.2, 0.25) is 0 Å². The van der Waals surface area contributed by atoms with Crippen LogP contribution in [-0.4, -0.2) is 24.4 Å².